The molecule has 2 unspecified atom stereocenters. The first-order chi connectivity index (χ1) is 12.9. The molecule has 0 saturated carbocycles. The molecule has 5 heteroatoms. The van der Waals surface area contributed by atoms with Crippen LogP contribution >= 0.6 is 43.5 Å². The standard InChI is InChI=1S/C22H29BBr2ClN/c1-4-15-5-6-17-11-18(26)12-19(25)20(17)21(22(15)27-13-14(2)24)16-7-9-23(3)10-8-16/h11-14,16,21H,4-10H2,1-3H3. The fourth-order valence-corrected chi connectivity index (χ4v) is 5.99. The van der Waals surface area contributed by atoms with Crippen LogP contribution in [-0.4, -0.2) is 17.8 Å². The SMILES string of the molecule is CCC1=C(N=CC(C)Br)C(C2CCB(C)CC2)c2c(Br)cc(Cl)cc2CC1. The first kappa shape index (κ1) is 21.6. The molecule has 2 aliphatic rings. The first-order valence-electron chi connectivity index (χ1n) is 10.3. The summed E-state index contributed by atoms with van der Waals surface area (Å²) in [7, 11) is 0. The number of fused-ring (bicyclic) bond motifs is 1. The highest BCUT2D eigenvalue weighted by atomic mass is 79.9. The molecule has 1 aliphatic carbocycles. The summed E-state index contributed by atoms with van der Waals surface area (Å²) < 4.78 is 1.16. The van der Waals surface area contributed by atoms with E-state index in [1.165, 1.54) is 47.9 Å². The lowest BCUT2D eigenvalue weighted by atomic mass is 9.41. The van der Waals surface area contributed by atoms with Crippen molar-refractivity contribution in [2.45, 2.75) is 76.2 Å². The maximum atomic E-state index is 6.42. The molecular formula is C22H29BBr2ClN. The van der Waals surface area contributed by atoms with E-state index in [1.807, 2.05) is 0 Å². The number of halogens is 3. The summed E-state index contributed by atoms with van der Waals surface area (Å²) in [5.41, 5.74) is 5.69. The molecule has 1 aliphatic heterocycles. The summed E-state index contributed by atoms with van der Waals surface area (Å²) in [5, 5.41) is 0.829. The third-order valence-electron chi connectivity index (χ3n) is 6.22. The van der Waals surface area contributed by atoms with Gasteiger partial charge in [-0.3, -0.25) is 4.99 Å². The van der Waals surface area contributed by atoms with Crippen LogP contribution in [0.1, 0.15) is 56.6 Å². The lowest BCUT2D eigenvalue weighted by Gasteiger charge is -2.34. The van der Waals surface area contributed by atoms with Gasteiger partial charge in [0, 0.05) is 32.2 Å². The van der Waals surface area contributed by atoms with Crippen molar-refractivity contribution in [2.24, 2.45) is 10.9 Å². The molecule has 0 radical (unpaired) electrons. The van der Waals surface area contributed by atoms with Crippen molar-refractivity contribution in [3.8, 4) is 0 Å². The fraction of sp³-hybridized carbons (Fsp3) is 0.591. The minimum Gasteiger partial charge on any atom is -0.264 e. The van der Waals surface area contributed by atoms with E-state index in [1.54, 1.807) is 0 Å². The molecule has 1 saturated heterocycles. The van der Waals surface area contributed by atoms with Crippen LogP contribution in [0.4, 0.5) is 0 Å². The van der Waals surface area contributed by atoms with E-state index in [0.29, 0.717) is 11.8 Å². The largest absolute Gasteiger partial charge is 0.264 e. The summed E-state index contributed by atoms with van der Waals surface area (Å²) in [6.07, 6.45) is 10.5. The van der Waals surface area contributed by atoms with Crippen LogP contribution in [0.25, 0.3) is 0 Å². The van der Waals surface area contributed by atoms with Crippen molar-refractivity contribution >= 4 is 56.4 Å². The van der Waals surface area contributed by atoms with Crippen molar-refractivity contribution in [1.82, 2.24) is 0 Å². The third-order valence-corrected chi connectivity index (χ3v) is 7.33. The Morgan fingerprint density at radius 1 is 1.30 bits per heavy atom. The lowest BCUT2D eigenvalue weighted by Crippen LogP contribution is -2.25. The van der Waals surface area contributed by atoms with Crippen molar-refractivity contribution in [2.75, 3.05) is 0 Å². The molecule has 2 atom stereocenters. The summed E-state index contributed by atoms with van der Waals surface area (Å²) in [5.74, 6) is 1.04. The van der Waals surface area contributed by atoms with Gasteiger partial charge in [-0.15, -0.1) is 0 Å². The van der Waals surface area contributed by atoms with Gasteiger partial charge in [-0.2, -0.15) is 0 Å². The molecule has 1 aromatic carbocycles. The van der Waals surface area contributed by atoms with Crippen molar-refractivity contribution in [3.05, 3.63) is 44.0 Å². The Bertz CT molecular complexity index is 736. The van der Waals surface area contributed by atoms with E-state index in [0.717, 1.165) is 35.5 Å². The van der Waals surface area contributed by atoms with Gasteiger partial charge in [0.1, 0.15) is 6.71 Å². The Morgan fingerprint density at radius 2 is 2.00 bits per heavy atom. The van der Waals surface area contributed by atoms with Gasteiger partial charge in [-0.25, -0.2) is 0 Å². The minimum absolute atomic E-state index is 0.284. The fourth-order valence-electron chi connectivity index (χ4n) is 4.75. The van der Waals surface area contributed by atoms with Gasteiger partial charge in [0.05, 0.1) is 0 Å². The van der Waals surface area contributed by atoms with Gasteiger partial charge >= 0.3 is 0 Å². The Labute approximate surface area is 186 Å². The molecule has 3 rings (SSSR count). The molecule has 0 amide bonds. The second-order valence-corrected chi connectivity index (χ2v) is 11.0. The van der Waals surface area contributed by atoms with E-state index in [4.69, 9.17) is 16.6 Å². The van der Waals surface area contributed by atoms with E-state index < -0.39 is 0 Å². The quantitative estimate of drug-likeness (QED) is 0.219. The maximum absolute atomic E-state index is 6.42. The molecule has 146 valence electrons. The second kappa shape index (κ2) is 9.63. The normalized spacial score (nSPS) is 22.9. The van der Waals surface area contributed by atoms with Gasteiger partial charge in [-0.05, 0) is 60.9 Å². The molecule has 0 N–H and O–H groups in total. The van der Waals surface area contributed by atoms with Crippen LogP contribution in [0.2, 0.25) is 24.5 Å². The average Bonchev–Trinajstić information content (AvgIpc) is 2.77. The Hall–Kier alpha value is -0.0551. The number of benzene rings is 1. The number of allylic oxidation sites excluding steroid dienone is 2. The van der Waals surface area contributed by atoms with Gasteiger partial charge in [-0.1, -0.05) is 82.7 Å². The van der Waals surface area contributed by atoms with E-state index >= 15 is 0 Å². The van der Waals surface area contributed by atoms with Crippen LogP contribution in [0, 0.1) is 5.92 Å². The number of hydrogen-bond acceptors (Lipinski definition) is 1. The lowest BCUT2D eigenvalue weighted by molar-refractivity contribution is 0.412. The van der Waals surface area contributed by atoms with Crippen LogP contribution < -0.4 is 0 Å². The average molecular weight is 514 g/mol. The monoisotopic (exact) mass is 511 g/mol. The minimum atomic E-state index is 0.284. The van der Waals surface area contributed by atoms with Gasteiger partial charge in [0.25, 0.3) is 0 Å². The smallest absolute Gasteiger partial charge is 0.136 e. The van der Waals surface area contributed by atoms with Gasteiger partial charge in [0.15, 0.2) is 0 Å². The van der Waals surface area contributed by atoms with Crippen molar-refractivity contribution in [3.63, 3.8) is 0 Å². The highest BCUT2D eigenvalue weighted by Gasteiger charge is 2.35. The zero-order chi connectivity index (χ0) is 19.6. The first-order valence-corrected chi connectivity index (χ1v) is 12.4. The highest BCUT2D eigenvalue weighted by molar-refractivity contribution is 9.10. The molecule has 0 aromatic heterocycles. The van der Waals surface area contributed by atoms with Gasteiger partial charge < -0.3 is 0 Å². The number of alkyl halides is 1. The summed E-state index contributed by atoms with van der Waals surface area (Å²) in [6.45, 7) is 7.66. The Morgan fingerprint density at radius 3 is 2.63 bits per heavy atom. The summed E-state index contributed by atoms with van der Waals surface area (Å²) >= 11 is 13.9. The Balaban J connectivity index is 2.15. The molecular weight excluding hydrogens is 484 g/mol. The molecule has 1 fully saturated rings. The van der Waals surface area contributed by atoms with Crippen LogP contribution in [0.5, 0.6) is 0 Å². The van der Waals surface area contributed by atoms with E-state index in [-0.39, 0.29) is 4.83 Å². The summed E-state index contributed by atoms with van der Waals surface area (Å²) in [6, 6.07) is 4.26. The predicted molar refractivity (Wildman–Crippen MR) is 128 cm³/mol. The molecule has 1 aromatic rings. The van der Waals surface area contributed by atoms with Crippen molar-refractivity contribution < 1.29 is 0 Å². The molecule has 0 bridgehead atoms. The zero-order valence-electron chi connectivity index (χ0n) is 16.6. The number of aliphatic imine (C=N–C) groups is 1. The molecule has 1 heterocycles. The maximum Gasteiger partial charge on any atom is 0.136 e. The number of hydrogen-bond donors (Lipinski definition) is 0. The predicted octanol–water partition coefficient (Wildman–Crippen LogP) is 8.19. The highest BCUT2D eigenvalue weighted by Crippen LogP contribution is 2.49. The summed E-state index contributed by atoms with van der Waals surface area (Å²) in [4.78, 5) is 5.37. The second-order valence-electron chi connectivity index (χ2n) is 8.26. The molecule has 0 spiro atoms. The van der Waals surface area contributed by atoms with Crippen molar-refractivity contribution in [1.29, 1.82) is 0 Å². The molecule has 1 nitrogen and oxygen atoms in total. The van der Waals surface area contributed by atoms with Crippen LogP contribution in [0.15, 0.2) is 32.9 Å². The number of aryl methyl sites for hydroxylation is 1. The third kappa shape index (κ3) is 5.11. The van der Waals surface area contributed by atoms with E-state index in [2.05, 4.69) is 70.9 Å². The number of rotatable bonds is 4. The van der Waals surface area contributed by atoms with Gasteiger partial charge in [0.2, 0.25) is 0 Å². The van der Waals surface area contributed by atoms with E-state index in [9.17, 15) is 0 Å². The zero-order valence-corrected chi connectivity index (χ0v) is 20.5. The topological polar surface area (TPSA) is 12.4 Å². The van der Waals surface area contributed by atoms with Crippen LogP contribution in [0.3, 0.4) is 0 Å². The number of nitrogens with zero attached hydrogens (tertiary/aromatic N) is 1. The van der Waals surface area contributed by atoms with Crippen LogP contribution in [-0.2, 0) is 6.42 Å². The Kier molecular flexibility index (Phi) is 7.72. The molecule has 27 heavy (non-hydrogen) atoms.